The van der Waals surface area contributed by atoms with Gasteiger partial charge >= 0.3 is 5.97 Å². The number of aliphatic carboxylic acids is 1. The zero-order valence-corrected chi connectivity index (χ0v) is 22.5. The van der Waals surface area contributed by atoms with E-state index < -0.39 is 5.97 Å². The van der Waals surface area contributed by atoms with Crippen molar-refractivity contribution in [1.29, 1.82) is 0 Å². The molecule has 0 radical (unpaired) electrons. The van der Waals surface area contributed by atoms with Gasteiger partial charge < -0.3 is 24.9 Å². The highest BCUT2D eigenvalue weighted by molar-refractivity contribution is 9.10. The van der Waals surface area contributed by atoms with Gasteiger partial charge in [-0.05, 0) is 93.8 Å². The maximum Gasteiger partial charge on any atom is 0.307 e. The van der Waals surface area contributed by atoms with E-state index in [2.05, 4.69) is 31.5 Å². The number of methoxy groups -OCH3 is 1. The molecule has 196 valence electrons. The van der Waals surface area contributed by atoms with E-state index in [9.17, 15) is 9.59 Å². The van der Waals surface area contributed by atoms with Crippen LogP contribution in [-0.2, 0) is 17.8 Å². The SMILES string of the molecule is COc1ccc(C(=O)Nc2ccc(CNc3ccc(-c4nc5cc(CC(=O)O)ccc5o4)cc3)cc2)cc1Br. The van der Waals surface area contributed by atoms with E-state index in [0.29, 0.717) is 50.6 Å². The first-order valence-electron chi connectivity index (χ1n) is 12.1. The Hall–Kier alpha value is -4.63. The highest BCUT2D eigenvalue weighted by Gasteiger charge is 2.11. The number of oxazole rings is 1. The van der Waals surface area contributed by atoms with Crippen LogP contribution in [0.5, 0.6) is 5.75 Å². The van der Waals surface area contributed by atoms with Gasteiger partial charge in [-0.2, -0.15) is 0 Å². The summed E-state index contributed by atoms with van der Waals surface area (Å²) in [6.45, 7) is 0.605. The third-order valence-corrected chi connectivity index (χ3v) is 6.68. The number of carbonyl (C=O) groups is 2. The number of nitrogens with one attached hydrogen (secondary N) is 2. The van der Waals surface area contributed by atoms with E-state index in [4.69, 9.17) is 14.3 Å². The number of carboxylic acid groups (broad SMARTS) is 1. The van der Waals surface area contributed by atoms with Gasteiger partial charge in [-0.15, -0.1) is 0 Å². The van der Waals surface area contributed by atoms with Crippen molar-refractivity contribution in [2.45, 2.75) is 13.0 Å². The molecule has 9 heteroatoms. The van der Waals surface area contributed by atoms with Gasteiger partial charge in [0.15, 0.2) is 5.58 Å². The molecule has 4 aromatic carbocycles. The van der Waals surface area contributed by atoms with Gasteiger partial charge in [0.25, 0.3) is 5.91 Å². The normalized spacial score (nSPS) is 10.8. The van der Waals surface area contributed by atoms with Crippen LogP contribution in [0.3, 0.4) is 0 Å². The van der Waals surface area contributed by atoms with Crippen molar-refractivity contribution in [3.63, 3.8) is 0 Å². The molecule has 0 aliphatic rings. The zero-order chi connectivity index (χ0) is 27.4. The number of benzene rings is 4. The molecular formula is C30H24BrN3O5. The van der Waals surface area contributed by atoms with E-state index in [1.165, 1.54) is 0 Å². The molecule has 39 heavy (non-hydrogen) atoms. The molecular weight excluding hydrogens is 562 g/mol. The Morgan fingerprint density at radius 1 is 0.923 bits per heavy atom. The van der Waals surface area contributed by atoms with E-state index in [1.807, 2.05) is 48.5 Å². The molecule has 0 saturated carbocycles. The molecule has 0 saturated heterocycles. The van der Waals surface area contributed by atoms with E-state index in [0.717, 1.165) is 16.8 Å². The van der Waals surface area contributed by atoms with Crippen molar-refractivity contribution in [1.82, 2.24) is 4.98 Å². The lowest BCUT2D eigenvalue weighted by Gasteiger charge is -2.10. The molecule has 0 bridgehead atoms. The van der Waals surface area contributed by atoms with Crippen LogP contribution in [0.1, 0.15) is 21.5 Å². The van der Waals surface area contributed by atoms with Crippen molar-refractivity contribution in [3.8, 4) is 17.2 Å². The number of carbonyl (C=O) groups excluding carboxylic acids is 1. The Bertz CT molecular complexity index is 1650. The van der Waals surface area contributed by atoms with Crippen LogP contribution >= 0.6 is 15.9 Å². The second-order valence-electron chi connectivity index (χ2n) is 8.82. The molecule has 5 aromatic rings. The number of anilines is 2. The molecule has 0 aliphatic heterocycles. The fourth-order valence-electron chi connectivity index (χ4n) is 4.03. The van der Waals surface area contributed by atoms with Gasteiger partial charge in [0.05, 0.1) is 18.0 Å². The second kappa shape index (κ2) is 11.4. The number of rotatable bonds is 9. The number of aromatic nitrogens is 1. The Kier molecular flexibility index (Phi) is 7.60. The highest BCUT2D eigenvalue weighted by Crippen LogP contribution is 2.27. The number of ether oxygens (including phenoxy) is 1. The summed E-state index contributed by atoms with van der Waals surface area (Å²) < 4.78 is 11.8. The van der Waals surface area contributed by atoms with Crippen LogP contribution in [0.4, 0.5) is 11.4 Å². The molecule has 0 spiro atoms. The summed E-state index contributed by atoms with van der Waals surface area (Å²) in [6, 6.07) is 25.8. The first-order valence-corrected chi connectivity index (χ1v) is 12.9. The van der Waals surface area contributed by atoms with Gasteiger partial charge in [-0.1, -0.05) is 18.2 Å². The molecule has 5 rings (SSSR count). The molecule has 1 amide bonds. The summed E-state index contributed by atoms with van der Waals surface area (Å²) in [4.78, 5) is 28.1. The lowest BCUT2D eigenvalue weighted by atomic mass is 10.1. The standard InChI is InChI=1S/C30H24BrN3O5/c1-38-26-13-7-21(16-24(26)31)29(37)33-23-8-2-18(3-9-23)17-32-22-10-5-20(6-11-22)30-34-25-14-19(15-28(35)36)4-12-27(25)39-30/h2-14,16,32H,15,17H2,1H3,(H,33,37)(H,35,36). The molecule has 1 heterocycles. The fourth-order valence-corrected chi connectivity index (χ4v) is 4.57. The van der Waals surface area contributed by atoms with Gasteiger partial charge in [0, 0.05) is 29.0 Å². The number of fused-ring (bicyclic) bond motifs is 1. The predicted octanol–water partition coefficient (Wildman–Crippen LogP) is 6.76. The Morgan fingerprint density at radius 3 is 2.33 bits per heavy atom. The third kappa shape index (κ3) is 6.27. The van der Waals surface area contributed by atoms with E-state index in [-0.39, 0.29) is 12.3 Å². The van der Waals surface area contributed by atoms with Crippen LogP contribution in [0.15, 0.2) is 93.8 Å². The summed E-state index contributed by atoms with van der Waals surface area (Å²) >= 11 is 3.40. The summed E-state index contributed by atoms with van der Waals surface area (Å²) in [7, 11) is 1.58. The Balaban J connectivity index is 1.17. The average molecular weight is 586 g/mol. The van der Waals surface area contributed by atoms with Crippen molar-refractivity contribution in [2.24, 2.45) is 0 Å². The van der Waals surface area contributed by atoms with Crippen LogP contribution in [-0.4, -0.2) is 29.1 Å². The molecule has 1 aromatic heterocycles. The number of hydrogen-bond acceptors (Lipinski definition) is 6. The number of hydrogen-bond donors (Lipinski definition) is 3. The molecule has 0 aliphatic carbocycles. The van der Waals surface area contributed by atoms with Crippen LogP contribution in [0.2, 0.25) is 0 Å². The summed E-state index contributed by atoms with van der Waals surface area (Å²) in [5, 5.41) is 15.3. The minimum absolute atomic E-state index is 0.0578. The topological polar surface area (TPSA) is 114 Å². The lowest BCUT2D eigenvalue weighted by molar-refractivity contribution is -0.136. The summed E-state index contributed by atoms with van der Waals surface area (Å²) in [5.74, 6) is 0.0482. The first kappa shape index (κ1) is 26.0. The second-order valence-corrected chi connectivity index (χ2v) is 9.68. The predicted molar refractivity (Wildman–Crippen MR) is 153 cm³/mol. The van der Waals surface area contributed by atoms with Crippen LogP contribution in [0.25, 0.3) is 22.6 Å². The van der Waals surface area contributed by atoms with Gasteiger partial charge in [0.1, 0.15) is 11.3 Å². The molecule has 8 nitrogen and oxygen atoms in total. The maximum atomic E-state index is 12.6. The fraction of sp³-hybridized carbons (Fsp3) is 0.100. The summed E-state index contributed by atoms with van der Waals surface area (Å²) in [5.41, 5.74) is 5.95. The number of amides is 1. The Morgan fingerprint density at radius 2 is 1.64 bits per heavy atom. The molecule has 0 atom stereocenters. The molecule has 3 N–H and O–H groups in total. The summed E-state index contributed by atoms with van der Waals surface area (Å²) in [6.07, 6.45) is -0.0578. The van der Waals surface area contributed by atoms with Crippen molar-refractivity contribution < 1.29 is 23.8 Å². The molecule has 0 unspecified atom stereocenters. The lowest BCUT2D eigenvalue weighted by Crippen LogP contribution is -2.12. The van der Waals surface area contributed by atoms with E-state index in [1.54, 1.807) is 43.5 Å². The minimum atomic E-state index is -0.887. The van der Waals surface area contributed by atoms with E-state index >= 15 is 0 Å². The zero-order valence-electron chi connectivity index (χ0n) is 20.9. The van der Waals surface area contributed by atoms with Gasteiger partial charge in [-0.3, -0.25) is 9.59 Å². The van der Waals surface area contributed by atoms with Gasteiger partial charge in [-0.25, -0.2) is 4.98 Å². The van der Waals surface area contributed by atoms with Crippen molar-refractivity contribution >= 4 is 50.3 Å². The first-order chi connectivity index (χ1) is 18.9. The smallest absolute Gasteiger partial charge is 0.307 e. The number of carboxylic acids is 1. The van der Waals surface area contributed by atoms with Crippen LogP contribution in [0, 0.1) is 0 Å². The maximum absolute atomic E-state index is 12.6. The van der Waals surface area contributed by atoms with Crippen molar-refractivity contribution in [3.05, 3.63) is 106 Å². The quantitative estimate of drug-likeness (QED) is 0.175. The minimum Gasteiger partial charge on any atom is -0.496 e. The van der Waals surface area contributed by atoms with Crippen molar-refractivity contribution in [2.75, 3.05) is 17.7 Å². The monoisotopic (exact) mass is 585 g/mol. The Labute approximate surface area is 232 Å². The largest absolute Gasteiger partial charge is 0.496 e. The average Bonchev–Trinajstić information content (AvgIpc) is 3.36. The number of nitrogens with zero attached hydrogens (tertiary/aromatic N) is 1. The molecule has 0 fully saturated rings. The number of halogens is 1. The van der Waals surface area contributed by atoms with Crippen LogP contribution < -0.4 is 15.4 Å². The van der Waals surface area contributed by atoms with Gasteiger partial charge in [0.2, 0.25) is 5.89 Å². The highest BCUT2D eigenvalue weighted by atomic mass is 79.9. The third-order valence-electron chi connectivity index (χ3n) is 6.06.